The number of nitrogens with zero attached hydrogens (tertiary/aromatic N) is 2. The van der Waals surface area contributed by atoms with Crippen molar-refractivity contribution in [2.24, 2.45) is 7.05 Å². The Labute approximate surface area is 89.0 Å². The van der Waals surface area contributed by atoms with Gasteiger partial charge in [0.25, 0.3) is 0 Å². The summed E-state index contributed by atoms with van der Waals surface area (Å²) in [6.07, 6.45) is 1.71. The predicted octanol–water partition coefficient (Wildman–Crippen LogP) is 1.89. The zero-order valence-corrected chi connectivity index (χ0v) is 8.94. The van der Waals surface area contributed by atoms with Gasteiger partial charge in [-0.25, -0.2) is 4.98 Å². The Morgan fingerprint density at radius 1 is 1.33 bits per heavy atom. The molecule has 0 atom stereocenters. The van der Waals surface area contributed by atoms with Crippen LogP contribution in [-0.4, -0.2) is 14.7 Å². The zero-order valence-electron chi connectivity index (χ0n) is 8.94. The van der Waals surface area contributed by atoms with Gasteiger partial charge in [0.2, 0.25) is 0 Å². The average Bonchev–Trinajstić information content (AvgIpc) is 2.60. The van der Waals surface area contributed by atoms with Gasteiger partial charge in [-0.3, -0.25) is 0 Å². The van der Waals surface area contributed by atoms with Crippen molar-refractivity contribution in [1.82, 2.24) is 9.55 Å². The molecule has 0 aliphatic heterocycles. The van der Waals surface area contributed by atoms with Crippen LogP contribution in [0.2, 0.25) is 0 Å². The molecule has 2 aromatic rings. The molecule has 0 fully saturated rings. The van der Waals surface area contributed by atoms with E-state index in [0.717, 1.165) is 17.1 Å². The highest BCUT2D eigenvalue weighted by atomic mass is 16.3. The summed E-state index contributed by atoms with van der Waals surface area (Å²) < 4.78 is 1.92. The Hall–Kier alpha value is -1.61. The van der Waals surface area contributed by atoms with Crippen LogP contribution in [0.4, 0.5) is 0 Å². The third-order valence-electron chi connectivity index (χ3n) is 2.63. The van der Waals surface area contributed by atoms with Gasteiger partial charge in [-0.05, 0) is 12.5 Å². The number of aryl methyl sites for hydroxylation is 1. The molecule has 0 aliphatic rings. The standard InChI is InChI=1S/C12H14N2O/c1-9-5-3-4-6-11(9)12-13-7-10(8-15)14(12)2/h3-7,15H,8H2,1-2H3. The first-order valence-corrected chi connectivity index (χ1v) is 4.91. The van der Waals surface area contributed by atoms with Crippen LogP contribution in [0.5, 0.6) is 0 Å². The van der Waals surface area contributed by atoms with Gasteiger partial charge in [-0.1, -0.05) is 24.3 Å². The van der Waals surface area contributed by atoms with Gasteiger partial charge in [0.1, 0.15) is 5.82 Å². The number of aliphatic hydroxyl groups is 1. The highest BCUT2D eigenvalue weighted by Gasteiger charge is 2.09. The van der Waals surface area contributed by atoms with Crippen molar-refractivity contribution in [2.45, 2.75) is 13.5 Å². The molecule has 0 radical (unpaired) electrons. The SMILES string of the molecule is Cc1ccccc1-c1ncc(CO)n1C. The van der Waals surface area contributed by atoms with E-state index in [1.54, 1.807) is 6.20 Å². The van der Waals surface area contributed by atoms with Gasteiger partial charge in [-0.15, -0.1) is 0 Å². The van der Waals surface area contributed by atoms with Crippen LogP contribution >= 0.6 is 0 Å². The summed E-state index contributed by atoms with van der Waals surface area (Å²) in [5.74, 6) is 0.900. The Kier molecular flexibility index (Phi) is 2.56. The van der Waals surface area contributed by atoms with Gasteiger partial charge in [-0.2, -0.15) is 0 Å². The summed E-state index contributed by atoms with van der Waals surface area (Å²) >= 11 is 0. The Balaban J connectivity index is 2.55. The molecule has 2 rings (SSSR count). The lowest BCUT2D eigenvalue weighted by Gasteiger charge is -2.06. The average molecular weight is 202 g/mol. The highest BCUT2D eigenvalue weighted by molar-refractivity contribution is 5.60. The quantitative estimate of drug-likeness (QED) is 0.807. The summed E-state index contributed by atoms with van der Waals surface area (Å²) in [6, 6.07) is 8.10. The first-order valence-electron chi connectivity index (χ1n) is 4.91. The first kappa shape index (κ1) is 9.93. The topological polar surface area (TPSA) is 38.1 Å². The molecule has 0 aliphatic carbocycles. The van der Waals surface area contributed by atoms with Crippen LogP contribution < -0.4 is 0 Å². The number of aromatic nitrogens is 2. The fourth-order valence-electron chi connectivity index (χ4n) is 1.67. The molecule has 1 N–H and O–H groups in total. The van der Waals surface area contributed by atoms with E-state index in [1.807, 2.05) is 29.8 Å². The van der Waals surface area contributed by atoms with Gasteiger partial charge < -0.3 is 9.67 Å². The van der Waals surface area contributed by atoms with Crippen molar-refractivity contribution in [2.75, 3.05) is 0 Å². The molecule has 15 heavy (non-hydrogen) atoms. The Morgan fingerprint density at radius 2 is 2.07 bits per heavy atom. The minimum atomic E-state index is 0.0232. The molecular weight excluding hydrogens is 188 g/mol. The number of rotatable bonds is 2. The summed E-state index contributed by atoms with van der Waals surface area (Å²) in [5, 5.41) is 9.09. The van der Waals surface area contributed by atoms with E-state index >= 15 is 0 Å². The van der Waals surface area contributed by atoms with E-state index in [4.69, 9.17) is 5.11 Å². The minimum absolute atomic E-state index is 0.0232. The molecule has 0 spiro atoms. The van der Waals surface area contributed by atoms with Crippen LogP contribution in [0.15, 0.2) is 30.5 Å². The molecule has 0 saturated heterocycles. The third-order valence-corrected chi connectivity index (χ3v) is 2.63. The van der Waals surface area contributed by atoms with Gasteiger partial charge in [0.15, 0.2) is 0 Å². The van der Waals surface area contributed by atoms with Crippen molar-refractivity contribution in [3.8, 4) is 11.4 Å². The second kappa shape index (κ2) is 3.87. The summed E-state index contributed by atoms with van der Waals surface area (Å²) in [7, 11) is 1.92. The van der Waals surface area contributed by atoms with E-state index in [2.05, 4.69) is 18.0 Å². The monoisotopic (exact) mass is 202 g/mol. The van der Waals surface area contributed by atoms with Crippen molar-refractivity contribution in [3.05, 3.63) is 41.7 Å². The summed E-state index contributed by atoms with van der Waals surface area (Å²) in [4.78, 5) is 4.32. The zero-order chi connectivity index (χ0) is 10.8. The van der Waals surface area contributed by atoms with Crippen LogP contribution in [-0.2, 0) is 13.7 Å². The molecule has 1 aromatic carbocycles. The van der Waals surface area contributed by atoms with Gasteiger partial charge in [0.05, 0.1) is 18.5 Å². The van der Waals surface area contributed by atoms with Gasteiger partial charge >= 0.3 is 0 Å². The van der Waals surface area contributed by atoms with E-state index < -0.39 is 0 Å². The number of imidazole rings is 1. The fraction of sp³-hybridized carbons (Fsp3) is 0.250. The molecule has 3 heteroatoms. The van der Waals surface area contributed by atoms with Crippen LogP contribution in [0.1, 0.15) is 11.3 Å². The number of hydrogen-bond donors (Lipinski definition) is 1. The Bertz CT molecular complexity index is 474. The number of hydrogen-bond acceptors (Lipinski definition) is 2. The van der Waals surface area contributed by atoms with Crippen molar-refractivity contribution in [1.29, 1.82) is 0 Å². The first-order chi connectivity index (χ1) is 7.24. The summed E-state index contributed by atoms with van der Waals surface area (Å²) in [5.41, 5.74) is 3.13. The van der Waals surface area contributed by atoms with Crippen molar-refractivity contribution < 1.29 is 5.11 Å². The number of aliphatic hydroxyl groups excluding tert-OH is 1. The van der Waals surface area contributed by atoms with Crippen LogP contribution in [0.25, 0.3) is 11.4 Å². The van der Waals surface area contributed by atoms with Crippen molar-refractivity contribution >= 4 is 0 Å². The summed E-state index contributed by atoms with van der Waals surface area (Å²) in [6.45, 7) is 2.08. The molecule has 0 saturated carbocycles. The Morgan fingerprint density at radius 3 is 2.67 bits per heavy atom. The van der Waals surface area contributed by atoms with E-state index in [-0.39, 0.29) is 6.61 Å². The molecule has 0 unspecified atom stereocenters. The van der Waals surface area contributed by atoms with Gasteiger partial charge in [0, 0.05) is 12.6 Å². The maximum absolute atomic E-state index is 9.09. The predicted molar refractivity (Wildman–Crippen MR) is 59.3 cm³/mol. The molecule has 3 nitrogen and oxygen atoms in total. The largest absolute Gasteiger partial charge is 0.390 e. The highest BCUT2D eigenvalue weighted by Crippen LogP contribution is 2.21. The van der Waals surface area contributed by atoms with E-state index in [1.165, 1.54) is 5.56 Å². The second-order valence-electron chi connectivity index (χ2n) is 3.61. The fourth-order valence-corrected chi connectivity index (χ4v) is 1.67. The molecule has 1 heterocycles. The van der Waals surface area contributed by atoms with E-state index in [0.29, 0.717) is 0 Å². The van der Waals surface area contributed by atoms with E-state index in [9.17, 15) is 0 Å². The second-order valence-corrected chi connectivity index (χ2v) is 3.61. The minimum Gasteiger partial charge on any atom is -0.390 e. The smallest absolute Gasteiger partial charge is 0.140 e. The molecule has 78 valence electrons. The molecular formula is C12H14N2O. The lowest BCUT2D eigenvalue weighted by atomic mass is 10.1. The molecule has 0 bridgehead atoms. The molecule has 1 aromatic heterocycles. The lowest BCUT2D eigenvalue weighted by molar-refractivity contribution is 0.273. The lowest BCUT2D eigenvalue weighted by Crippen LogP contribution is -1.99. The normalized spacial score (nSPS) is 10.6. The van der Waals surface area contributed by atoms with Crippen LogP contribution in [0.3, 0.4) is 0 Å². The molecule has 0 amide bonds. The number of benzene rings is 1. The third kappa shape index (κ3) is 1.66. The maximum Gasteiger partial charge on any atom is 0.140 e. The van der Waals surface area contributed by atoms with Crippen molar-refractivity contribution in [3.63, 3.8) is 0 Å². The maximum atomic E-state index is 9.09. The van der Waals surface area contributed by atoms with Crippen LogP contribution in [0, 0.1) is 6.92 Å².